The summed E-state index contributed by atoms with van der Waals surface area (Å²) in [5.74, 6) is 0.292. The van der Waals surface area contributed by atoms with Crippen molar-refractivity contribution < 1.29 is 14.5 Å². The Bertz CT molecular complexity index is 438. The minimum absolute atomic E-state index is 0.0224. The molecule has 8 nitrogen and oxygen atoms in total. The lowest BCUT2D eigenvalue weighted by atomic mass is 9.67. The highest BCUT2D eigenvalue weighted by Crippen LogP contribution is 2.41. The Kier molecular flexibility index (Phi) is 3.45. The molecule has 1 aromatic rings. The molecule has 1 aliphatic carbocycles. The van der Waals surface area contributed by atoms with Gasteiger partial charge < -0.3 is 20.8 Å². The van der Waals surface area contributed by atoms with Crippen LogP contribution in [0.25, 0.3) is 0 Å². The van der Waals surface area contributed by atoms with Crippen molar-refractivity contribution >= 4 is 11.7 Å². The van der Waals surface area contributed by atoms with Crippen LogP contribution in [0, 0.1) is 5.41 Å². The first-order valence-electron chi connectivity index (χ1n) is 5.70. The van der Waals surface area contributed by atoms with E-state index in [-0.39, 0.29) is 11.7 Å². The molecule has 98 valence electrons. The molecular formula is C10H15N5O3. The van der Waals surface area contributed by atoms with Crippen LogP contribution >= 0.6 is 0 Å². The zero-order valence-corrected chi connectivity index (χ0v) is 9.80. The van der Waals surface area contributed by atoms with Crippen molar-refractivity contribution in [3.8, 4) is 0 Å². The summed E-state index contributed by atoms with van der Waals surface area (Å²) in [6.45, 7) is 0.388. The van der Waals surface area contributed by atoms with Gasteiger partial charge in [-0.1, -0.05) is 16.7 Å². The third-order valence-corrected chi connectivity index (χ3v) is 3.28. The van der Waals surface area contributed by atoms with Crippen molar-refractivity contribution in [3.05, 3.63) is 12.2 Å². The molecule has 2 rings (SSSR count). The number of nitrogens with one attached hydrogen (secondary N) is 1. The van der Waals surface area contributed by atoms with Gasteiger partial charge in [0.05, 0.1) is 0 Å². The molecule has 0 aromatic carbocycles. The van der Waals surface area contributed by atoms with E-state index in [2.05, 4.69) is 25.1 Å². The van der Waals surface area contributed by atoms with E-state index < -0.39 is 5.41 Å². The van der Waals surface area contributed by atoms with E-state index in [9.17, 15) is 4.79 Å². The van der Waals surface area contributed by atoms with Crippen LogP contribution < -0.4 is 11.1 Å². The normalized spacial score (nSPS) is 18.1. The lowest BCUT2D eigenvalue weighted by molar-refractivity contribution is -0.131. The lowest BCUT2D eigenvalue weighted by Gasteiger charge is -2.38. The second kappa shape index (κ2) is 5.03. The maximum atomic E-state index is 12.0. The summed E-state index contributed by atoms with van der Waals surface area (Å²) in [6.07, 6.45) is 3.83. The zero-order chi connectivity index (χ0) is 13.0. The second-order valence-electron chi connectivity index (χ2n) is 4.27. The van der Waals surface area contributed by atoms with Crippen LogP contribution in [0.2, 0.25) is 0 Å². The fraction of sp³-hybridized carbons (Fsp3) is 0.600. The van der Waals surface area contributed by atoms with Crippen LogP contribution in [0.5, 0.6) is 0 Å². The van der Waals surface area contributed by atoms with Gasteiger partial charge in [0.25, 0.3) is 0 Å². The number of nitrogens with zero attached hydrogens (tertiary/aromatic N) is 3. The van der Waals surface area contributed by atoms with E-state index in [0.29, 0.717) is 31.6 Å². The molecule has 8 heteroatoms. The van der Waals surface area contributed by atoms with E-state index in [1.807, 2.05) is 0 Å². The van der Waals surface area contributed by atoms with Gasteiger partial charge in [-0.25, -0.2) is 0 Å². The molecule has 0 unspecified atom stereocenters. The Balaban J connectivity index is 1.87. The minimum atomic E-state index is -0.841. The monoisotopic (exact) mass is 253 g/mol. The molecule has 0 atom stereocenters. The van der Waals surface area contributed by atoms with Crippen LogP contribution in [0.1, 0.15) is 25.1 Å². The summed E-state index contributed by atoms with van der Waals surface area (Å²) in [5, 5.41) is 18.0. The standard InChI is InChI=1S/C10H15N5O3/c11-8(14-17)10(3-1-4-10)9(16)12-5-2-7-13-6-18-15-7/h6,17H,1-5H2,(H2,11,14)(H,12,16). The Morgan fingerprint density at radius 3 is 2.94 bits per heavy atom. The van der Waals surface area contributed by atoms with Gasteiger partial charge in [0.1, 0.15) is 5.41 Å². The van der Waals surface area contributed by atoms with Gasteiger partial charge in [-0.15, -0.1) is 0 Å². The number of nitrogens with two attached hydrogens (primary N) is 1. The van der Waals surface area contributed by atoms with Crippen molar-refractivity contribution in [1.29, 1.82) is 0 Å². The minimum Gasteiger partial charge on any atom is -0.409 e. The molecule has 1 saturated carbocycles. The summed E-state index contributed by atoms with van der Waals surface area (Å²) >= 11 is 0. The number of oxime groups is 1. The first kappa shape index (κ1) is 12.3. The van der Waals surface area contributed by atoms with Gasteiger partial charge >= 0.3 is 0 Å². The van der Waals surface area contributed by atoms with Crippen molar-refractivity contribution in [2.24, 2.45) is 16.3 Å². The SMILES string of the molecule is NC(=NO)C1(C(=O)NCCc2ncon2)CCC1. The Labute approximate surface area is 103 Å². The molecule has 0 saturated heterocycles. The number of carbonyl (C=O) groups excluding carboxylic acids is 1. The van der Waals surface area contributed by atoms with Crippen LogP contribution in [0.15, 0.2) is 16.1 Å². The number of hydrogen-bond donors (Lipinski definition) is 3. The largest absolute Gasteiger partial charge is 0.409 e. The smallest absolute Gasteiger partial charge is 0.233 e. The number of carbonyl (C=O) groups is 1. The highest BCUT2D eigenvalue weighted by atomic mass is 16.5. The van der Waals surface area contributed by atoms with Gasteiger partial charge in [-0.2, -0.15) is 4.98 Å². The summed E-state index contributed by atoms with van der Waals surface area (Å²) < 4.78 is 4.58. The molecule has 1 amide bonds. The first-order valence-corrected chi connectivity index (χ1v) is 5.70. The fourth-order valence-electron chi connectivity index (χ4n) is 1.99. The van der Waals surface area contributed by atoms with Crippen LogP contribution in [0.4, 0.5) is 0 Å². The average molecular weight is 253 g/mol. The molecule has 1 heterocycles. The lowest BCUT2D eigenvalue weighted by Crippen LogP contribution is -2.54. The zero-order valence-electron chi connectivity index (χ0n) is 9.80. The highest BCUT2D eigenvalue weighted by Gasteiger charge is 2.48. The number of amidine groups is 1. The Morgan fingerprint density at radius 1 is 1.67 bits per heavy atom. The van der Waals surface area contributed by atoms with Gasteiger partial charge in [0.2, 0.25) is 12.3 Å². The summed E-state index contributed by atoms with van der Waals surface area (Å²) in [5.41, 5.74) is 4.74. The average Bonchev–Trinajstić information content (AvgIpc) is 2.80. The third kappa shape index (κ3) is 2.13. The van der Waals surface area contributed by atoms with E-state index in [1.54, 1.807) is 0 Å². The second-order valence-corrected chi connectivity index (χ2v) is 4.27. The summed E-state index contributed by atoms with van der Waals surface area (Å²) in [6, 6.07) is 0. The molecule has 1 aromatic heterocycles. The summed E-state index contributed by atoms with van der Waals surface area (Å²) in [7, 11) is 0. The fourth-order valence-corrected chi connectivity index (χ4v) is 1.99. The van der Waals surface area contributed by atoms with Crippen molar-refractivity contribution in [3.63, 3.8) is 0 Å². The van der Waals surface area contributed by atoms with Gasteiger partial charge in [-0.05, 0) is 12.8 Å². The topological polar surface area (TPSA) is 127 Å². The predicted octanol–water partition coefficient (Wildman–Crippen LogP) is -0.355. The number of amides is 1. The molecule has 0 bridgehead atoms. The molecule has 1 aliphatic rings. The summed E-state index contributed by atoms with van der Waals surface area (Å²) in [4.78, 5) is 15.9. The molecule has 4 N–H and O–H groups in total. The van der Waals surface area contributed by atoms with E-state index in [1.165, 1.54) is 6.39 Å². The third-order valence-electron chi connectivity index (χ3n) is 3.28. The Morgan fingerprint density at radius 2 is 2.44 bits per heavy atom. The molecule has 0 radical (unpaired) electrons. The quantitative estimate of drug-likeness (QED) is 0.285. The maximum absolute atomic E-state index is 12.0. The number of hydrogen-bond acceptors (Lipinski definition) is 6. The molecule has 0 spiro atoms. The molecule has 1 fully saturated rings. The van der Waals surface area contributed by atoms with Crippen molar-refractivity contribution in [2.75, 3.05) is 6.54 Å². The van der Waals surface area contributed by atoms with E-state index >= 15 is 0 Å². The van der Waals surface area contributed by atoms with Gasteiger partial charge in [0, 0.05) is 13.0 Å². The van der Waals surface area contributed by atoms with Crippen molar-refractivity contribution in [2.45, 2.75) is 25.7 Å². The highest BCUT2D eigenvalue weighted by molar-refractivity contribution is 6.07. The Hall–Kier alpha value is -2.12. The van der Waals surface area contributed by atoms with Gasteiger partial charge in [0.15, 0.2) is 11.7 Å². The molecule has 18 heavy (non-hydrogen) atoms. The molecular weight excluding hydrogens is 238 g/mol. The maximum Gasteiger partial charge on any atom is 0.233 e. The van der Waals surface area contributed by atoms with Crippen LogP contribution in [0.3, 0.4) is 0 Å². The van der Waals surface area contributed by atoms with Gasteiger partial charge in [-0.3, -0.25) is 4.79 Å². The number of aromatic nitrogens is 2. The van der Waals surface area contributed by atoms with Crippen LogP contribution in [-0.4, -0.2) is 33.6 Å². The predicted molar refractivity (Wildman–Crippen MR) is 60.7 cm³/mol. The van der Waals surface area contributed by atoms with Crippen LogP contribution in [-0.2, 0) is 11.2 Å². The van der Waals surface area contributed by atoms with E-state index in [4.69, 9.17) is 10.9 Å². The van der Waals surface area contributed by atoms with Crippen molar-refractivity contribution in [1.82, 2.24) is 15.5 Å². The van der Waals surface area contributed by atoms with E-state index in [0.717, 1.165) is 6.42 Å². The first-order chi connectivity index (χ1) is 8.69. The molecule has 0 aliphatic heterocycles. The number of rotatable bonds is 5.